The number of carboxylic acids is 1. The van der Waals surface area contributed by atoms with Crippen LogP contribution in [-0.4, -0.2) is 18.2 Å². The molecular formula is C17H10F3NO5. The molecule has 2 N–H and O–H groups in total. The van der Waals surface area contributed by atoms with Crippen LogP contribution >= 0.6 is 0 Å². The zero-order valence-corrected chi connectivity index (χ0v) is 13.1. The third kappa shape index (κ3) is 2.83. The summed E-state index contributed by atoms with van der Waals surface area (Å²) in [6.07, 6.45) is 0. The number of carboxylic acid groups (broad SMARTS) is 1. The summed E-state index contributed by atoms with van der Waals surface area (Å²) in [4.78, 5) is 22.8. The lowest BCUT2D eigenvalue weighted by Gasteiger charge is -2.12. The Kier molecular flexibility index (Phi) is 4.29. The molecule has 0 fully saturated rings. The van der Waals surface area contributed by atoms with Crippen LogP contribution in [-0.2, 0) is 0 Å². The molecule has 0 saturated carbocycles. The first kappa shape index (κ1) is 17.3. The summed E-state index contributed by atoms with van der Waals surface area (Å²) in [6.45, 7) is 0. The van der Waals surface area contributed by atoms with Crippen molar-refractivity contribution >= 4 is 28.3 Å². The maximum absolute atomic E-state index is 14.6. The van der Waals surface area contributed by atoms with E-state index in [1.54, 1.807) is 0 Å². The third-order valence-electron chi connectivity index (χ3n) is 3.57. The lowest BCUT2D eigenvalue weighted by molar-refractivity contribution is 0.0662. The van der Waals surface area contributed by atoms with Gasteiger partial charge in [-0.3, -0.25) is 4.79 Å². The number of hydrogen-bond donors (Lipinski definition) is 2. The number of carbonyl (C=O) groups is 1. The largest absolute Gasteiger partial charge is 0.497 e. The van der Waals surface area contributed by atoms with Gasteiger partial charge in [-0.05, 0) is 24.3 Å². The van der Waals surface area contributed by atoms with Crippen LogP contribution in [0.3, 0.4) is 0 Å². The van der Waals surface area contributed by atoms with Crippen LogP contribution in [0.2, 0.25) is 0 Å². The van der Waals surface area contributed by atoms with Gasteiger partial charge >= 0.3 is 5.97 Å². The van der Waals surface area contributed by atoms with Crippen molar-refractivity contribution < 1.29 is 32.2 Å². The molecule has 0 aliphatic carbocycles. The van der Waals surface area contributed by atoms with Gasteiger partial charge < -0.3 is 19.6 Å². The van der Waals surface area contributed by atoms with Crippen LogP contribution in [0, 0.1) is 17.5 Å². The highest BCUT2D eigenvalue weighted by Gasteiger charge is 2.25. The average Bonchev–Trinajstić information content (AvgIpc) is 2.63. The van der Waals surface area contributed by atoms with Gasteiger partial charge in [0.05, 0.1) is 7.11 Å². The van der Waals surface area contributed by atoms with E-state index in [9.17, 15) is 22.8 Å². The van der Waals surface area contributed by atoms with Crippen LogP contribution in [0.25, 0.3) is 11.0 Å². The third-order valence-corrected chi connectivity index (χ3v) is 3.57. The van der Waals surface area contributed by atoms with Crippen molar-refractivity contribution in [3.63, 3.8) is 0 Å². The number of halogens is 3. The number of methoxy groups -OCH3 is 1. The first-order chi connectivity index (χ1) is 12.3. The molecule has 3 rings (SSSR count). The minimum absolute atomic E-state index is 0.194. The maximum Gasteiger partial charge on any atom is 0.371 e. The zero-order chi connectivity index (χ0) is 19.0. The first-order valence-corrected chi connectivity index (χ1v) is 7.12. The number of aromatic carboxylic acids is 1. The minimum Gasteiger partial charge on any atom is -0.497 e. The summed E-state index contributed by atoms with van der Waals surface area (Å²) in [5.74, 6) is -6.79. The standard InChI is InChI=1S/C17H10F3NO5/c1-25-8-4-2-7(3-5-8)21-15-13(19)12(18)11-9(22)6-10(17(23)24)26-16(11)14(15)20/h2-6,21H,1H3,(H,23,24). The smallest absolute Gasteiger partial charge is 0.371 e. The van der Waals surface area contributed by atoms with Crippen LogP contribution < -0.4 is 15.5 Å². The molecular weight excluding hydrogens is 355 g/mol. The molecule has 1 aromatic heterocycles. The number of nitrogens with one attached hydrogen (secondary N) is 1. The van der Waals surface area contributed by atoms with E-state index in [0.717, 1.165) is 0 Å². The molecule has 3 aromatic rings. The van der Waals surface area contributed by atoms with Crippen molar-refractivity contribution in [1.29, 1.82) is 0 Å². The van der Waals surface area contributed by atoms with E-state index in [1.165, 1.54) is 31.4 Å². The van der Waals surface area contributed by atoms with Crippen molar-refractivity contribution in [2.75, 3.05) is 12.4 Å². The summed E-state index contributed by atoms with van der Waals surface area (Å²) >= 11 is 0. The van der Waals surface area contributed by atoms with Crippen LogP contribution in [0.15, 0.2) is 39.5 Å². The second-order valence-electron chi connectivity index (χ2n) is 5.15. The Morgan fingerprint density at radius 2 is 1.77 bits per heavy atom. The van der Waals surface area contributed by atoms with Crippen LogP contribution in [0.5, 0.6) is 5.75 Å². The fourth-order valence-corrected chi connectivity index (χ4v) is 2.32. The Hall–Kier alpha value is -3.49. The lowest BCUT2D eigenvalue weighted by atomic mass is 10.1. The van der Waals surface area contributed by atoms with Gasteiger partial charge in [0, 0.05) is 11.8 Å². The van der Waals surface area contributed by atoms with Crippen LogP contribution in [0.1, 0.15) is 10.6 Å². The highest BCUT2D eigenvalue weighted by molar-refractivity contribution is 5.89. The molecule has 0 saturated heterocycles. The van der Waals surface area contributed by atoms with Gasteiger partial charge in [-0.2, -0.15) is 0 Å². The van der Waals surface area contributed by atoms with E-state index in [0.29, 0.717) is 11.8 Å². The molecule has 2 aromatic carbocycles. The summed E-state index contributed by atoms with van der Waals surface area (Å²) < 4.78 is 52.8. The molecule has 0 atom stereocenters. The van der Waals surface area contributed by atoms with Crippen LogP contribution in [0.4, 0.5) is 24.5 Å². The van der Waals surface area contributed by atoms with E-state index in [2.05, 4.69) is 5.32 Å². The molecule has 0 spiro atoms. The monoisotopic (exact) mass is 365 g/mol. The van der Waals surface area contributed by atoms with E-state index in [4.69, 9.17) is 14.3 Å². The predicted octanol–water partition coefficient (Wildman–Crippen LogP) is 3.66. The van der Waals surface area contributed by atoms with E-state index in [-0.39, 0.29) is 5.69 Å². The number of hydrogen-bond acceptors (Lipinski definition) is 5. The molecule has 26 heavy (non-hydrogen) atoms. The van der Waals surface area contributed by atoms with Gasteiger partial charge in [0.15, 0.2) is 28.5 Å². The zero-order valence-electron chi connectivity index (χ0n) is 13.1. The Morgan fingerprint density at radius 3 is 2.35 bits per heavy atom. The van der Waals surface area contributed by atoms with Gasteiger partial charge in [-0.15, -0.1) is 0 Å². The van der Waals surface area contributed by atoms with Crippen molar-refractivity contribution in [3.05, 3.63) is 63.8 Å². The topological polar surface area (TPSA) is 88.8 Å². The number of fused-ring (bicyclic) bond motifs is 1. The summed E-state index contributed by atoms with van der Waals surface area (Å²) in [6, 6.07) is 6.28. The minimum atomic E-state index is -1.65. The van der Waals surface area contributed by atoms with Crippen molar-refractivity contribution in [2.24, 2.45) is 0 Å². The Morgan fingerprint density at radius 1 is 1.12 bits per heavy atom. The Labute approximate surface area is 143 Å². The van der Waals surface area contributed by atoms with Gasteiger partial charge in [0.25, 0.3) is 0 Å². The lowest BCUT2D eigenvalue weighted by Crippen LogP contribution is -2.12. The van der Waals surface area contributed by atoms with Crippen molar-refractivity contribution in [3.8, 4) is 5.75 Å². The molecule has 6 nitrogen and oxygen atoms in total. The van der Waals surface area contributed by atoms with E-state index < -0.39 is 51.3 Å². The van der Waals surface area contributed by atoms with Gasteiger partial charge in [0.2, 0.25) is 5.76 Å². The number of benzene rings is 2. The predicted molar refractivity (Wildman–Crippen MR) is 85.6 cm³/mol. The average molecular weight is 365 g/mol. The Bertz CT molecular complexity index is 1080. The number of anilines is 2. The molecule has 134 valence electrons. The molecule has 0 amide bonds. The van der Waals surface area contributed by atoms with Gasteiger partial charge in [-0.1, -0.05) is 0 Å². The highest BCUT2D eigenvalue weighted by atomic mass is 19.2. The molecule has 9 heteroatoms. The van der Waals surface area contributed by atoms with E-state index in [1.807, 2.05) is 0 Å². The molecule has 0 unspecified atom stereocenters. The molecule has 0 aliphatic heterocycles. The summed E-state index contributed by atoms with van der Waals surface area (Å²) in [7, 11) is 1.43. The SMILES string of the molecule is COc1ccc(Nc2c(F)c(F)c3c(=O)cc(C(=O)O)oc3c2F)cc1. The van der Waals surface area contributed by atoms with Crippen molar-refractivity contribution in [2.45, 2.75) is 0 Å². The normalized spacial score (nSPS) is 10.8. The molecule has 0 radical (unpaired) electrons. The van der Waals surface area contributed by atoms with E-state index >= 15 is 0 Å². The second kappa shape index (κ2) is 6.43. The summed E-state index contributed by atoms with van der Waals surface area (Å²) in [5, 5.41) is 10.2. The first-order valence-electron chi connectivity index (χ1n) is 7.12. The summed E-state index contributed by atoms with van der Waals surface area (Å²) in [5.41, 5.74) is -2.94. The molecule has 0 aliphatic rings. The quantitative estimate of drug-likeness (QED) is 0.686. The second-order valence-corrected chi connectivity index (χ2v) is 5.15. The highest BCUT2D eigenvalue weighted by Crippen LogP contribution is 2.32. The van der Waals surface area contributed by atoms with Gasteiger partial charge in [-0.25, -0.2) is 18.0 Å². The maximum atomic E-state index is 14.6. The number of ether oxygens (including phenoxy) is 1. The fourth-order valence-electron chi connectivity index (χ4n) is 2.32. The Balaban J connectivity index is 2.21. The molecule has 0 bridgehead atoms. The van der Waals surface area contributed by atoms with Crippen molar-refractivity contribution in [1.82, 2.24) is 0 Å². The fraction of sp³-hybridized carbons (Fsp3) is 0.0588. The molecule has 1 heterocycles. The number of rotatable bonds is 4. The van der Waals surface area contributed by atoms with Gasteiger partial charge in [0.1, 0.15) is 16.8 Å².